The Balaban J connectivity index is 1.20. The maximum atomic E-state index is 13.2. The number of carbonyl (C=O) groups excluding carboxylic acids is 3. The van der Waals surface area contributed by atoms with Crippen molar-refractivity contribution in [2.75, 3.05) is 10.6 Å². The normalized spacial score (nSPS) is 11.8. The molecule has 9 heteroatoms. The smallest absolute Gasteiger partial charge is 0.272 e. The summed E-state index contributed by atoms with van der Waals surface area (Å²) in [5, 5.41) is 10.6. The van der Waals surface area contributed by atoms with Gasteiger partial charge in [-0.25, -0.2) is 4.98 Å². The van der Waals surface area contributed by atoms with Crippen molar-refractivity contribution < 1.29 is 14.4 Å². The van der Waals surface area contributed by atoms with Crippen molar-refractivity contribution in [2.24, 2.45) is 0 Å². The third-order valence-electron chi connectivity index (χ3n) is 6.24. The second-order valence-electron chi connectivity index (χ2n) is 9.42. The van der Waals surface area contributed by atoms with E-state index in [0.717, 1.165) is 21.7 Å². The number of amides is 3. The fraction of sp³-hybridized carbons (Fsp3) is 0.0588. The van der Waals surface area contributed by atoms with Crippen molar-refractivity contribution in [3.8, 4) is 11.3 Å². The molecule has 43 heavy (non-hydrogen) atoms. The maximum Gasteiger partial charge on any atom is 0.272 e. The first-order chi connectivity index (χ1) is 20.9. The Hall–Kier alpha value is -4.99. The van der Waals surface area contributed by atoms with Gasteiger partial charge in [-0.1, -0.05) is 78.9 Å². The number of thioether (sulfide) groups is 1. The second-order valence-corrected chi connectivity index (χ2v) is 11.7. The Morgan fingerprint density at radius 1 is 0.791 bits per heavy atom. The highest BCUT2D eigenvalue weighted by molar-refractivity contribution is 8.00. The fourth-order valence-corrected chi connectivity index (χ4v) is 5.60. The summed E-state index contributed by atoms with van der Waals surface area (Å²) in [5.74, 6) is -0.994. The summed E-state index contributed by atoms with van der Waals surface area (Å²) < 4.78 is 0. The second kappa shape index (κ2) is 14.3. The number of aromatic nitrogens is 1. The van der Waals surface area contributed by atoms with Crippen LogP contribution in [0.15, 0.2) is 131 Å². The van der Waals surface area contributed by atoms with Crippen LogP contribution in [0.4, 0.5) is 10.8 Å². The summed E-state index contributed by atoms with van der Waals surface area (Å²) >= 11 is 2.79. The lowest BCUT2D eigenvalue weighted by molar-refractivity contribution is -0.115. The van der Waals surface area contributed by atoms with Crippen LogP contribution in [0.3, 0.4) is 0 Å². The summed E-state index contributed by atoms with van der Waals surface area (Å²) in [7, 11) is 0. The SMILES string of the molecule is CC(Sc1ccc(NC(=O)/C(=C/c2ccccc2)NC(=O)c2ccccc2)cc1)C(=O)Nc1nc(-c2ccccc2)cs1. The van der Waals surface area contributed by atoms with Gasteiger partial charge in [-0.15, -0.1) is 23.1 Å². The van der Waals surface area contributed by atoms with Gasteiger partial charge in [0.2, 0.25) is 5.91 Å². The molecule has 0 spiro atoms. The molecule has 0 saturated heterocycles. The van der Waals surface area contributed by atoms with Crippen molar-refractivity contribution in [1.29, 1.82) is 0 Å². The van der Waals surface area contributed by atoms with E-state index >= 15 is 0 Å². The van der Waals surface area contributed by atoms with Crippen molar-refractivity contribution in [3.63, 3.8) is 0 Å². The predicted molar refractivity (Wildman–Crippen MR) is 175 cm³/mol. The largest absolute Gasteiger partial charge is 0.321 e. The van der Waals surface area contributed by atoms with E-state index in [1.165, 1.54) is 23.1 Å². The summed E-state index contributed by atoms with van der Waals surface area (Å²) in [6.07, 6.45) is 1.63. The number of carbonyl (C=O) groups is 3. The van der Waals surface area contributed by atoms with Gasteiger partial charge in [-0.3, -0.25) is 14.4 Å². The topological polar surface area (TPSA) is 100 Å². The fourth-order valence-electron chi connectivity index (χ4n) is 4.01. The third kappa shape index (κ3) is 8.28. The van der Waals surface area contributed by atoms with Crippen LogP contribution in [-0.4, -0.2) is 28.0 Å². The zero-order chi connectivity index (χ0) is 30.0. The lowest BCUT2D eigenvalue weighted by Gasteiger charge is -2.13. The molecule has 0 aliphatic carbocycles. The number of nitrogens with one attached hydrogen (secondary N) is 3. The molecule has 4 aromatic carbocycles. The Bertz CT molecular complexity index is 1720. The highest BCUT2D eigenvalue weighted by atomic mass is 32.2. The van der Waals surface area contributed by atoms with E-state index in [9.17, 15) is 14.4 Å². The Labute approximate surface area is 258 Å². The zero-order valence-electron chi connectivity index (χ0n) is 23.2. The van der Waals surface area contributed by atoms with E-state index in [1.807, 2.05) is 91.2 Å². The number of thiazole rings is 1. The van der Waals surface area contributed by atoms with Gasteiger partial charge >= 0.3 is 0 Å². The maximum absolute atomic E-state index is 13.2. The average molecular weight is 605 g/mol. The molecular weight excluding hydrogens is 577 g/mol. The molecule has 0 radical (unpaired) electrons. The van der Waals surface area contributed by atoms with Gasteiger partial charge in [-0.2, -0.15) is 0 Å². The van der Waals surface area contributed by atoms with Crippen LogP contribution in [-0.2, 0) is 9.59 Å². The number of rotatable bonds is 10. The van der Waals surface area contributed by atoms with Gasteiger partial charge in [0.15, 0.2) is 5.13 Å². The van der Waals surface area contributed by atoms with Gasteiger partial charge in [0, 0.05) is 27.1 Å². The molecule has 3 amide bonds. The van der Waals surface area contributed by atoms with E-state index in [1.54, 1.807) is 42.5 Å². The molecule has 5 rings (SSSR count). The molecule has 3 N–H and O–H groups in total. The van der Waals surface area contributed by atoms with Crippen LogP contribution in [0.25, 0.3) is 17.3 Å². The summed E-state index contributed by atoms with van der Waals surface area (Å²) in [4.78, 5) is 44.3. The lowest BCUT2D eigenvalue weighted by atomic mass is 10.1. The first-order valence-electron chi connectivity index (χ1n) is 13.5. The molecular formula is C34H28N4O3S2. The third-order valence-corrected chi connectivity index (χ3v) is 8.11. The van der Waals surface area contributed by atoms with Crippen LogP contribution in [0.5, 0.6) is 0 Å². The molecule has 1 heterocycles. The van der Waals surface area contributed by atoms with Crippen molar-refractivity contribution in [2.45, 2.75) is 17.1 Å². The zero-order valence-corrected chi connectivity index (χ0v) is 24.8. The highest BCUT2D eigenvalue weighted by Crippen LogP contribution is 2.28. The lowest BCUT2D eigenvalue weighted by Crippen LogP contribution is -2.30. The summed E-state index contributed by atoms with van der Waals surface area (Å²) in [5.41, 5.74) is 3.70. The van der Waals surface area contributed by atoms with E-state index < -0.39 is 5.91 Å². The molecule has 214 valence electrons. The standard InChI is InChI=1S/C34H28N4O3S2/c1-23(31(39)38-34-37-30(22-42-34)25-13-7-3-8-14-25)43-28-19-17-27(18-20-28)35-33(41)29(21-24-11-5-2-6-12-24)36-32(40)26-15-9-4-10-16-26/h2-23H,1H3,(H,35,41)(H,36,40)(H,37,38,39)/b29-21-. The van der Waals surface area contributed by atoms with E-state index in [0.29, 0.717) is 16.4 Å². The van der Waals surface area contributed by atoms with Gasteiger partial charge < -0.3 is 16.0 Å². The van der Waals surface area contributed by atoms with Gasteiger partial charge in [0.05, 0.1) is 10.9 Å². The van der Waals surface area contributed by atoms with Crippen LogP contribution in [0.2, 0.25) is 0 Å². The summed E-state index contributed by atoms with van der Waals surface area (Å²) in [6.45, 7) is 1.83. The van der Waals surface area contributed by atoms with E-state index in [2.05, 4.69) is 20.9 Å². The number of nitrogens with zero attached hydrogens (tertiary/aromatic N) is 1. The predicted octanol–water partition coefficient (Wildman–Crippen LogP) is 7.34. The van der Waals surface area contributed by atoms with Crippen LogP contribution < -0.4 is 16.0 Å². The molecule has 7 nitrogen and oxygen atoms in total. The average Bonchev–Trinajstić information content (AvgIpc) is 3.51. The Kier molecular flexibility index (Phi) is 9.78. The molecule has 0 fully saturated rings. The molecule has 0 bridgehead atoms. The van der Waals surface area contributed by atoms with Crippen molar-refractivity contribution >= 4 is 57.7 Å². The Morgan fingerprint density at radius 2 is 1.42 bits per heavy atom. The highest BCUT2D eigenvalue weighted by Gasteiger charge is 2.18. The number of benzene rings is 4. The number of anilines is 2. The van der Waals surface area contributed by atoms with Crippen LogP contribution in [0, 0.1) is 0 Å². The van der Waals surface area contributed by atoms with Gasteiger partial charge in [-0.05, 0) is 55.0 Å². The quantitative estimate of drug-likeness (QED) is 0.114. The summed E-state index contributed by atoms with van der Waals surface area (Å²) in [6, 6.07) is 35.0. The van der Waals surface area contributed by atoms with Gasteiger partial charge in [0.1, 0.15) is 5.70 Å². The van der Waals surface area contributed by atoms with E-state index in [-0.39, 0.29) is 22.8 Å². The minimum atomic E-state index is -0.459. The molecule has 5 aromatic rings. The van der Waals surface area contributed by atoms with Crippen molar-refractivity contribution in [1.82, 2.24) is 10.3 Å². The van der Waals surface area contributed by atoms with Gasteiger partial charge in [0.25, 0.3) is 11.8 Å². The molecule has 0 aliphatic rings. The first kappa shape index (κ1) is 29.5. The molecule has 0 aliphatic heterocycles. The number of hydrogen-bond donors (Lipinski definition) is 3. The first-order valence-corrected chi connectivity index (χ1v) is 15.2. The molecule has 1 atom stereocenters. The van der Waals surface area contributed by atoms with Crippen LogP contribution in [0.1, 0.15) is 22.8 Å². The molecule has 1 aromatic heterocycles. The number of hydrogen-bond acceptors (Lipinski definition) is 6. The van der Waals surface area contributed by atoms with E-state index in [4.69, 9.17) is 0 Å². The monoisotopic (exact) mass is 604 g/mol. The molecule has 0 saturated carbocycles. The minimum absolute atomic E-state index is 0.112. The van der Waals surface area contributed by atoms with Crippen LogP contribution >= 0.6 is 23.1 Å². The van der Waals surface area contributed by atoms with Crippen molar-refractivity contribution in [3.05, 3.63) is 137 Å². The minimum Gasteiger partial charge on any atom is -0.321 e. The Morgan fingerprint density at radius 3 is 2.09 bits per heavy atom. The molecule has 1 unspecified atom stereocenters.